The van der Waals surface area contributed by atoms with E-state index in [4.69, 9.17) is 5.73 Å². The van der Waals surface area contributed by atoms with E-state index in [0.717, 1.165) is 12.7 Å². The third kappa shape index (κ3) is 5.26. The van der Waals surface area contributed by atoms with Crippen molar-refractivity contribution in [3.8, 4) is 17.3 Å². The SMILES string of the molecule is COC(=O)Nc1nn(C2(CC#N)CCN(Cc3cnc(-c4ccccc4)cc3F)CC2F)cc1C(N)=O. The lowest BCUT2D eigenvalue weighted by Crippen LogP contribution is -2.54. The van der Waals surface area contributed by atoms with E-state index >= 15 is 4.39 Å². The molecule has 0 spiro atoms. The van der Waals surface area contributed by atoms with Crippen molar-refractivity contribution in [2.45, 2.75) is 31.1 Å². The van der Waals surface area contributed by atoms with Crippen molar-refractivity contribution in [2.24, 2.45) is 5.73 Å². The molecule has 4 rings (SSSR count). The molecule has 192 valence electrons. The number of rotatable bonds is 7. The minimum absolute atomic E-state index is 0.118. The standard InChI is InChI=1S/C25H25F2N7O3/c1-37-24(36)31-23-18(22(29)35)14-34(32-23)25(7-9-28)8-10-33(15-21(25)27)13-17-12-30-20(11-19(17)26)16-5-3-2-4-6-16/h2-6,11-12,14,21H,7-8,10,13,15H2,1H3,(H2,29,35)(H,31,32,36). The van der Waals surface area contributed by atoms with Gasteiger partial charge in [-0.25, -0.2) is 13.6 Å². The van der Waals surface area contributed by atoms with Gasteiger partial charge in [0, 0.05) is 49.2 Å². The molecule has 0 aliphatic carbocycles. The molecule has 1 fully saturated rings. The summed E-state index contributed by atoms with van der Waals surface area (Å²) in [7, 11) is 1.13. The van der Waals surface area contributed by atoms with Gasteiger partial charge < -0.3 is 10.5 Å². The van der Waals surface area contributed by atoms with E-state index in [1.807, 2.05) is 36.4 Å². The zero-order valence-corrected chi connectivity index (χ0v) is 20.0. The number of likely N-dealkylation sites (tertiary alicyclic amines) is 1. The highest BCUT2D eigenvalue weighted by molar-refractivity contribution is 6.00. The largest absolute Gasteiger partial charge is 0.453 e. The van der Waals surface area contributed by atoms with Crippen LogP contribution in [0.1, 0.15) is 28.8 Å². The second kappa shape index (κ2) is 10.7. The Bertz CT molecular complexity index is 1340. The summed E-state index contributed by atoms with van der Waals surface area (Å²) >= 11 is 0. The molecule has 1 aromatic carbocycles. The highest BCUT2D eigenvalue weighted by Gasteiger charge is 2.46. The Morgan fingerprint density at radius 3 is 2.73 bits per heavy atom. The van der Waals surface area contributed by atoms with E-state index in [1.165, 1.54) is 23.1 Å². The normalized spacial score (nSPS) is 19.7. The topological polar surface area (TPSA) is 139 Å². The van der Waals surface area contributed by atoms with Crippen LogP contribution in [-0.4, -0.2) is 58.0 Å². The second-order valence-electron chi connectivity index (χ2n) is 8.73. The van der Waals surface area contributed by atoms with E-state index in [-0.39, 0.29) is 37.3 Å². The number of nitrogens with one attached hydrogen (secondary N) is 1. The summed E-state index contributed by atoms with van der Waals surface area (Å²) in [5.41, 5.74) is 5.44. The number of piperidine rings is 1. The molecular weight excluding hydrogens is 484 g/mol. The molecule has 0 radical (unpaired) electrons. The number of nitrogens with zero attached hydrogens (tertiary/aromatic N) is 5. The van der Waals surface area contributed by atoms with Crippen LogP contribution in [0.4, 0.5) is 19.4 Å². The van der Waals surface area contributed by atoms with Crippen LogP contribution in [0.3, 0.4) is 0 Å². The number of alkyl halides is 1. The number of halogens is 2. The molecule has 2 unspecified atom stereocenters. The zero-order chi connectivity index (χ0) is 26.6. The van der Waals surface area contributed by atoms with Gasteiger partial charge in [0.05, 0.1) is 25.3 Å². The molecule has 12 heteroatoms. The number of ether oxygens (including phenoxy) is 1. The van der Waals surface area contributed by atoms with Crippen LogP contribution in [0, 0.1) is 17.1 Å². The molecular formula is C25H25F2N7O3. The van der Waals surface area contributed by atoms with E-state index in [1.54, 1.807) is 4.90 Å². The quantitative estimate of drug-likeness (QED) is 0.499. The third-order valence-electron chi connectivity index (χ3n) is 6.48. The Morgan fingerprint density at radius 1 is 1.35 bits per heavy atom. The summed E-state index contributed by atoms with van der Waals surface area (Å²) in [6, 6.07) is 12.6. The van der Waals surface area contributed by atoms with E-state index < -0.39 is 29.5 Å². The van der Waals surface area contributed by atoms with Crippen LogP contribution in [0.15, 0.2) is 48.8 Å². The molecule has 0 bridgehead atoms. The molecule has 3 heterocycles. The van der Waals surface area contributed by atoms with Crippen LogP contribution >= 0.6 is 0 Å². The van der Waals surface area contributed by atoms with Crippen LogP contribution in [0.2, 0.25) is 0 Å². The van der Waals surface area contributed by atoms with Crippen molar-refractivity contribution in [3.05, 3.63) is 65.7 Å². The Balaban J connectivity index is 1.54. The smallest absolute Gasteiger partial charge is 0.412 e. The van der Waals surface area contributed by atoms with Gasteiger partial charge in [0.2, 0.25) is 0 Å². The summed E-state index contributed by atoms with van der Waals surface area (Å²) in [4.78, 5) is 29.6. The summed E-state index contributed by atoms with van der Waals surface area (Å²) in [5.74, 6) is -1.53. The monoisotopic (exact) mass is 509 g/mol. The number of carbonyl (C=O) groups is 2. The predicted octanol–water partition coefficient (Wildman–Crippen LogP) is 3.21. The van der Waals surface area contributed by atoms with Crippen molar-refractivity contribution in [1.82, 2.24) is 19.7 Å². The summed E-state index contributed by atoms with van der Waals surface area (Å²) in [6.45, 7) is 0.318. The third-order valence-corrected chi connectivity index (χ3v) is 6.48. The van der Waals surface area contributed by atoms with E-state index in [9.17, 15) is 19.2 Å². The second-order valence-corrected chi connectivity index (χ2v) is 8.73. The molecule has 1 saturated heterocycles. The van der Waals surface area contributed by atoms with E-state index in [0.29, 0.717) is 17.8 Å². The fourth-order valence-electron chi connectivity index (χ4n) is 4.42. The first-order valence-corrected chi connectivity index (χ1v) is 11.5. The van der Waals surface area contributed by atoms with Gasteiger partial charge in [0.1, 0.15) is 23.1 Å². The first-order valence-electron chi connectivity index (χ1n) is 11.5. The molecule has 1 aliphatic heterocycles. The number of aromatic nitrogens is 3. The Labute approximate surface area is 211 Å². The Hall–Kier alpha value is -4.37. The minimum atomic E-state index is -1.60. The molecule has 1 aliphatic rings. The summed E-state index contributed by atoms with van der Waals surface area (Å²) in [5, 5.41) is 15.9. The number of amides is 2. The highest BCUT2D eigenvalue weighted by Crippen LogP contribution is 2.37. The lowest BCUT2D eigenvalue weighted by atomic mass is 9.83. The zero-order valence-electron chi connectivity index (χ0n) is 20.0. The highest BCUT2D eigenvalue weighted by atomic mass is 19.1. The fourth-order valence-corrected chi connectivity index (χ4v) is 4.42. The van der Waals surface area contributed by atoms with Crippen LogP contribution in [-0.2, 0) is 16.8 Å². The molecule has 0 saturated carbocycles. The average molecular weight is 510 g/mol. The van der Waals surface area contributed by atoms with Crippen molar-refractivity contribution < 1.29 is 23.1 Å². The van der Waals surface area contributed by atoms with Crippen LogP contribution in [0.25, 0.3) is 11.3 Å². The number of primary amides is 1. The maximum atomic E-state index is 15.8. The first kappa shape index (κ1) is 25.7. The molecule has 2 amide bonds. The van der Waals surface area contributed by atoms with Gasteiger partial charge in [-0.15, -0.1) is 0 Å². The van der Waals surface area contributed by atoms with Crippen molar-refractivity contribution >= 4 is 17.8 Å². The lowest BCUT2D eigenvalue weighted by molar-refractivity contribution is 0.00656. The van der Waals surface area contributed by atoms with Gasteiger partial charge >= 0.3 is 6.09 Å². The fraction of sp³-hybridized carbons (Fsp3) is 0.320. The first-order chi connectivity index (χ1) is 17.8. The van der Waals surface area contributed by atoms with Gasteiger partial charge in [-0.2, -0.15) is 10.4 Å². The molecule has 2 aromatic heterocycles. The number of nitriles is 1. The molecule has 3 aromatic rings. The van der Waals surface area contributed by atoms with Crippen molar-refractivity contribution in [3.63, 3.8) is 0 Å². The molecule has 3 N–H and O–H groups in total. The summed E-state index contributed by atoms with van der Waals surface area (Å²) in [6.07, 6.45) is 0.0608. The number of hydrogen-bond acceptors (Lipinski definition) is 7. The number of benzene rings is 1. The lowest BCUT2D eigenvalue weighted by Gasteiger charge is -2.43. The number of anilines is 1. The van der Waals surface area contributed by atoms with Gasteiger partial charge in [-0.3, -0.25) is 24.7 Å². The van der Waals surface area contributed by atoms with Crippen molar-refractivity contribution in [2.75, 3.05) is 25.5 Å². The van der Waals surface area contributed by atoms with Gasteiger partial charge in [0.15, 0.2) is 5.82 Å². The van der Waals surface area contributed by atoms with Gasteiger partial charge in [0.25, 0.3) is 5.91 Å². The number of carbonyl (C=O) groups excluding carboxylic acids is 2. The van der Waals surface area contributed by atoms with Crippen molar-refractivity contribution in [1.29, 1.82) is 5.26 Å². The predicted molar refractivity (Wildman–Crippen MR) is 129 cm³/mol. The molecule has 10 nitrogen and oxygen atoms in total. The maximum absolute atomic E-state index is 15.8. The number of hydrogen-bond donors (Lipinski definition) is 2. The van der Waals surface area contributed by atoms with Gasteiger partial charge in [-0.1, -0.05) is 30.3 Å². The number of methoxy groups -OCH3 is 1. The van der Waals surface area contributed by atoms with Crippen LogP contribution in [0.5, 0.6) is 0 Å². The average Bonchev–Trinajstić information content (AvgIpc) is 3.32. The maximum Gasteiger partial charge on any atom is 0.412 e. The van der Waals surface area contributed by atoms with Crippen LogP contribution < -0.4 is 11.1 Å². The number of nitrogens with two attached hydrogens (primary N) is 1. The summed E-state index contributed by atoms with van der Waals surface area (Å²) < 4.78 is 36.4. The molecule has 37 heavy (non-hydrogen) atoms. The number of pyridine rings is 1. The van der Waals surface area contributed by atoms with Gasteiger partial charge in [-0.05, 0) is 6.42 Å². The molecule has 2 atom stereocenters. The minimum Gasteiger partial charge on any atom is -0.453 e. The Kier molecular flexibility index (Phi) is 7.45. The van der Waals surface area contributed by atoms with E-state index in [2.05, 4.69) is 20.1 Å². The Morgan fingerprint density at radius 2 is 2.11 bits per heavy atom.